The Morgan fingerprint density at radius 1 is 1.05 bits per heavy atom. The summed E-state index contributed by atoms with van der Waals surface area (Å²) in [5, 5.41) is 0. The van der Waals surface area contributed by atoms with Crippen LogP contribution in [0.15, 0.2) is 30.3 Å². The molecule has 20 heavy (non-hydrogen) atoms. The number of benzene rings is 1. The van der Waals surface area contributed by atoms with E-state index in [2.05, 4.69) is 47.1 Å². The second-order valence-electron chi connectivity index (χ2n) is 5.01. The van der Waals surface area contributed by atoms with Crippen molar-refractivity contribution in [1.29, 1.82) is 0 Å². The largest absolute Gasteiger partial charge is 0.301 e. The van der Waals surface area contributed by atoms with Gasteiger partial charge >= 0.3 is 0 Å². The van der Waals surface area contributed by atoms with E-state index in [1.807, 2.05) is 0 Å². The lowest BCUT2D eigenvalue weighted by Crippen LogP contribution is -2.47. The Morgan fingerprint density at radius 2 is 1.65 bits per heavy atom. The summed E-state index contributed by atoms with van der Waals surface area (Å²) in [5.74, 6) is 0.778. The molecule has 116 valence electrons. The van der Waals surface area contributed by atoms with Crippen molar-refractivity contribution >= 4 is 36.4 Å². The lowest BCUT2D eigenvalue weighted by atomic mass is 10.1. The molecule has 1 fully saturated rings. The maximum atomic E-state index is 5.74. The van der Waals surface area contributed by atoms with E-state index in [-0.39, 0.29) is 24.8 Å². The minimum absolute atomic E-state index is 0. The third-order valence-electron chi connectivity index (χ3n) is 3.84. The van der Waals surface area contributed by atoms with Gasteiger partial charge in [0, 0.05) is 38.1 Å². The molecular weight excluding hydrogens is 315 g/mol. The van der Waals surface area contributed by atoms with Crippen molar-refractivity contribution in [3.05, 3.63) is 35.9 Å². The number of piperazine rings is 1. The average molecular weight is 340 g/mol. The predicted octanol–water partition coefficient (Wildman–Crippen LogP) is 3.84. The van der Waals surface area contributed by atoms with Crippen molar-refractivity contribution in [3.63, 3.8) is 0 Å². The highest BCUT2D eigenvalue weighted by Gasteiger charge is 2.21. The minimum Gasteiger partial charge on any atom is -0.301 e. The highest BCUT2D eigenvalue weighted by Crippen LogP contribution is 2.21. The molecule has 1 aromatic rings. The van der Waals surface area contributed by atoms with E-state index >= 15 is 0 Å². The fourth-order valence-electron chi connectivity index (χ4n) is 2.60. The van der Waals surface area contributed by atoms with E-state index in [0.717, 1.165) is 18.8 Å². The van der Waals surface area contributed by atoms with Gasteiger partial charge in [-0.3, -0.25) is 4.90 Å². The number of halogens is 3. The van der Waals surface area contributed by atoms with E-state index in [9.17, 15) is 0 Å². The summed E-state index contributed by atoms with van der Waals surface area (Å²) < 4.78 is 0. The van der Waals surface area contributed by atoms with E-state index < -0.39 is 0 Å². The number of rotatable bonds is 5. The summed E-state index contributed by atoms with van der Waals surface area (Å²) in [6, 6.07) is 11.3. The first-order chi connectivity index (χ1) is 8.81. The Hall–Kier alpha value is 0.01000. The summed E-state index contributed by atoms with van der Waals surface area (Å²) in [5.41, 5.74) is 1.42. The molecule has 1 aliphatic heterocycles. The first-order valence-corrected chi connectivity index (χ1v) is 7.42. The molecule has 1 aromatic carbocycles. The van der Waals surface area contributed by atoms with Crippen LogP contribution in [0, 0.1) is 0 Å². The zero-order valence-electron chi connectivity index (χ0n) is 12.0. The van der Waals surface area contributed by atoms with Crippen LogP contribution in [-0.2, 0) is 0 Å². The van der Waals surface area contributed by atoms with Gasteiger partial charge in [-0.1, -0.05) is 30.3 Å². The van der Waals surface area contributed by atoms with Crippen LogP contribution < -0.4 is 0 Å². The van der Waals surface area contributed by atoms with Crippen molar-refractivity contribution < 1.29 is 0 Å². The third-order valence-corrected chi connectivity index (χ3v) is 4.11. The Kier molecular flexibility index (Phi) is 10.7. The number of alkyl halides is 1. The van der Waals surface area contributed by atoms with Gasteiger partial charge in [-0.05, 0) is 25.5 Å². The zero-order chi connectivity index (χ0) is 12.8. The smallest absolute Gasteiger partial charge is 0.0320 e. The van der Waals surface area contributed by atoms with Gasteiger partial charge in [-0.15, -0.1) is 36.4 Å². The lowest BCUT2D eigenvalue weighted by molar-refractivity contribution is 0.103. The van der Waals surface area contributed by atoms with Crippen LogP contribution in [0.2, 0.25) is 0 Å². The summed E-state index contributed by atoms with van der Waals surface area (Å²) in [6.45, 7) is 8.14. The standard InChI is InChI=1S/C15H23ClN2.2ClH/c1-14(15-6-3-2-4-7-15)18-12-10-17(11-13-18)9-5-8-16;;/h2-4,6-7,14H,5,8-13H2,1H3;2*1H. The van der Waals surface area contributed by atoms with Crippen molar-refractivity contribution in [1.82, 2.24) is 9.80 Å². The van der Waals surface area contributed by atoms with Gasteiger partial charge < -0.3 is 4.90 Å². The quantitative estimate of drug-likeness (QED) is 0.752. The van der Waals surface area contributed by atoms with Gasteiger partial charge in [0.05, 0.1) is 0 Å². The van der Waals surface area contributed by atoms with Gasteiger partial charge in [0.2, 0.25) is 0 Å². The van der Waals surface area contributed by atoms with Crippen molar-refractivity contribution in [2.45, 2.75) is 19.4 Å². The van der Waals surface area contributed by atoms with Crippen molar-refractivity contribution in [2.75, 3.05) is 38.6 Å². The molecule has 0 saturated carbocycles. The van der Waals surface area contributed by atoms with Gasteiger partial charge in [-0.25, -0.2) is 0 Å². The normalized spacial score (nSPS) is 17.9. The first kappa shape index (κ1) is 20.0. The summed E-state index contributed by atoms with van der Waals surface area (Å²) in [4.78, 5) is 5.10. The molecule has 0 amide bonds. The number of nitrogens with zero attached hydrogens (tertiary/aromatic N) is 2. The van der Waals surface area contributed by atoms with Crippen molar-refractivity contribution in [2.24, 2.45) is 0 Å². The Balaban J connectivity index is 0.00000180. The predicted molar refractivity (Wildman–Crippen MR) is 92.7 cm³/mol. The summed E-state index contributed by atoms with van der Waals surface area (Å²) in [6.07, 6.45) is 1.11. The summed E-state index contributed by atoms with van der Waals surface area (Å²) >= 11 is 5.74. The molecule has 0 bridgehead atoms. The van der Waals surface area contributed by atoms with E-state index in [4.69, 9.17) is 11.6 Å². The molecule has 5 heteroatoms. The van der Waals surface area contributed by atoms with Gasteiger partial charge in [0.15, 0.2) is 0 Å². The average Bonchev–Trinajstić information content (AvgIpc) is 2.46. The van der Waals surface area contributed by atoms with Crippen LogP contribution in [0.1, 0.15) is 24.9 Å². The molecule has 2 rings (SSSR count). The zero-order valence-corrected chi connectivity index (χ0v) is 14.4. The molecule has 2 nitrogen and oxygen atoms in total. The Morgan fingerprint density at radius 3 is 2.20 bits per heavy atom. The van der Waals surface area contributed by atoms with Crippen LogP contribution in [-0.4, -0.2) is 48.4 Å². The van der Waals surface area contributed by atoms with Gasteiger partial charge in [0.1, 0.15) is 0 Å². The summed E-state index contributed by atoms with van der Waals surface area (Å²) in [7, 11) is 0. The second kappa shape index (κ2) is 10.7. The molecule has 1 aliphatic rings. The molecule has 1 heterocycles. The fourth-order valence-corrected chi connectivity index (χ4v) is 2.72. The fraction of sp³-hybridized carbons (Fsp3) is 0.600. The van der Waals surface area contributed by atoms with Crippen LogP contribution in [0.3, 0.4) is 0 Å². The lowest BCUT2D eigenvalue weighted by Gasteiger charge is -2.38. The SMILES string of the molecule is CC(c1ccccc1)N1CCN(CCCCl)CC1.Cl.Cl. The van der Waals surface area contributed by atoms with Crippen LogP contribution in [0.4, 0.5) is 0 Å². The van der Waals surface area contributed by atoms with Gasteiger partial charge in [0.25, 0.3) is 0 Å². The maximum Gasteiger partial charge on any atom is 0.0320 e. The van der Waals surface area contributed by atoms with E-state index in [1.165, 1.54) is 31.7 Å². The van der Waals surface area contributed by atoms with Crippen LogP contribution in [0.5, 0.6) is 0 Å². The third kappa shape index (κ3) is 5.79. The van der Waals surface area contributed by atoms with Crippen LogP contribution in [0.25, 0.3) is 0 Å². The molecule has 0 N–H and O–H groups in total. The van der Waals surface area contributed by atoms with Crippen LogP contribution >= 0.6 is 36.4 Å². The Bertz CT molecular complexity index is 340. The van der Waals surface area contributed by atoms with Gasteiger partial charge in [-0.2, -0.15) is 0 Å². The molecule has 0 radical (unpaired) electrons. The molecule has 0 spiro atoms. The Labute approximate surface area is 140 Å². The first-order valence-electron chi connectivity index (χ1n) is 6.88. The second-order valence-corrected chi connectivity index (χ2v) is 5.38. The molecule has 1 saturated heterocycles. The minimum atomic E-state index is 0. The molecular formula is C15H25Cl3N2. The molecule has 0 aliphatic carbocycles. The topological polar surface area (TPSA) is 6.48 Å². The molecule has 1 atom stereocenters. The number of hydrogen-bond donors (Lipinski definition) is 0. The highest BCUT2D eigenvalue weighted by molar-refractivity contribution is 6.17. The maximum absolute atomic E-state index is 5.74. The van der Waals surface area contributed by atoms with Crippen molar-refractivity contribution in [3.8, 4) is 0 Å². The van der Waals surface area contributed by atoms with E-state index in [0.29, 0.717) is 6.04 Å². The molecule has 0 aromatic heterocycles. The van der Waals surface area contributed by atoms with E-state index in [1.54, 1.807) is 0 Å². The molecule has 1 unspecified atom stereocenters. The monoisotopic (exact) mass is 338 g/mol. The number of hydrogen-bond acceptors (Lipinski definition) is 2. The highest BCUT2D eigenvalue weighted by atomic mass is 35.5.